The first-order valence-corrected chi connectivity index (χ1v) is 5.51. The molecule has 0 aliphatic carbocycles. The lowest BCUT2D eigenvalue weighted by molar-refractivity contribution is 0.101. The maximum atomic E-state index is 11.5. The minimum Gasteiger partial charge on any atom is -0.504 e. The van der Waals surface area contributed by atoms with Crippen LogP contribution in [0.25, 0.3) is 0 Å². The lowest BCUT2D eigenvalue weighted by atomic mass is 9.88. The third-order valence-corrected chi connectivity index (χ3v) is 3.06. The molecule has 2 atom stereocenters. The van der Waals surface area contributed by atoms with Gasteiger partial charge in [0.15, 0.2) is 17.3 Å². The van der Waals surface area contributed by atoms with Gasteiger partial charge in [-0.25, -0.2) is 0 Å². The first-order valence-electron chi connectivity index (χ1n) is 5.51. The molecule has 4 nitrogen and oxygen atoms in total. The Bertz CT molecular complexity index is 449. The summed E-state index contributed by atoms with van der Waals surface area (Å²) in [6.45, 7) is 6.34. The molecule has 0 saturated carbocycles. The average molecular weight is 238 g/mol. The summed E-state index contributed by atoms with van der Waals surface area (Å²) in [6, 6.07) is 1.63. The highest BCUT2D eigenvalue weighted by Gasteiger charge is 2.24. The largest absolute Gasteiger partial charge is 0.504 e. The molecular formula is C13H18O4. The molecule has 0 saturated heterocycles. The molecule has 0 aliphatic rings. The Morgan fingerprint density at radius 1 is 1.24 bits per heavy atom. The summed E-state index contributed by atoms with van der Waals surface area (Å²) in [6.07, 6.45) is -0.642. The number of ketones is 1. The number of carbonyl (C=O) groups is 1. The lowest BCUT2D eigenvalue weighted by Gasteiger charge is -2.20. The van der Waals surface area contributed by atoms with Gasteiger partial charge in [-0.05, 0) is 31.9 Å². The molecule has 1 aromatic rings. The van der Waals surface area contributed by atoms with Crippen molar-refractivity contribution < 1.29 is 20.1 Å². The molecule has 1 aromatic carbocycles. The van der Waals surface area contributed by atoms with E-state index < -0.39 is 11.9 Å². The van der Waals surface area contributed by atoms with Gasteiger partial charge in [-0.2, -0.15) is 0 Å². The molecule has 0 fully saturated rings. The van der Waals surface area contributed by atoms with E-state index in [1.54, 1.807) is 26.8 Å². The van der Waals surface area contributed by atoms with Crippen LogP contribution in [0.4, 0.5) is 0 Å². The molecule has 2 unspecified atom stereocenters. The fourth-order valence-corrected chi connectivity index (χ4v) is 1.80. The standard InChI is InChI=1S/C13H18O4/c1-6-5-10(7(2)8(3)14)11(9(4)15)13(17)12(6)16/h5,7-8,14,16-17H,1-4H3. The predicted molar refractivity (Wildman–Crippen MR) is 64.6 cm³/mol. The van der Waals surface area contributed by atoms with Crippen molar-refractivity contribution in [1.82, 2.24) is 0 Å². The second-order valence-corrected chi connectivity index (χ2v) is 4.44. The molecule has 94 valence electrons. The van der Waals surface area contributed by atoms with Gasteiger partial charge in [-0.15, -0.1) is 0 Å². The molecular weight excluding hydrogens is 220 g/mol. The van der Waals surface area contributed by atoms with Gasteiger partial charge in [-0.3, -0.25) is 4.79 Å². The maximum absolute atomic E-state index is 11.5. The van der Waals surface area contributed by atoms with Crippen molar-refractivity contribution in [2.45, 2.75) is 39.7 Å². The van der Waals surface area contributed by atoms with Crippen molar-refractivity contribution in [3.63, 3.8) is 0 Å². The van der Waals surface area contributed by atoms with E-state index in [9.17, 15) is 20.1 Å². The molecule has 0 spiro atoms. The summed E-state index contributed by atoms with van der Waals surface area (Å²) in [5, 5.41) is 29.0. The normalized spacial score (nSPS) is 14.4. The number of aryl methyl sites for hydroxylation is 1. The SMILES string of the molecule is CC(=O)c1c(C(C)C(C)O)cc(C)c(O)c1O. The first kappa shape index (κ1) is 13.5. The molecule has 0 aliphatic heterocycles. The van der Waals surface area contributed by atoms with E-state index in [1.807, 2.05) is 0 Å². The Hall–Kier alpha value is -1.55. The van der Waals surface area contributed by atoms with Crippen molar-refractivity contribution in [3.05, 3.63) is 22.8 Å². The van der Waals surface area contributed by atoms with Crippen LogP contribution in [0.5, 0.6) is 11.5 Å². The van der Waals surface area contributed by atoms with Crippen LogP contribution in [0.15, 0.2) is 6.07 Å². The van der Waals surface area contributed by atoms with Crippen LogP contribution < -0.4 is 0 Å². The second-order valence-electron chi connectivity index (χ2n) is 4.44. The highest BCUT2D eigenvalue weighted by molar-refractivity contribution is 5.99. The average Bonchev–Trinajstić information content (AvgIpc) is 2.23. The lowest BCUT2D eigenvalue weighted by Crippen LogP contribution is -2.15. The van der Waals surface area contributed by atoms with Crippen molar-refractivity contribution in [2.24, 2.45) is 0 Å². The maximum Gasteiger partial charge on any atom is 0.169 e. The van der Waals surface area contributed by atoms with E-state index in [4.69, 9.17) is 0 Å². The Balaban J connectivity index is 3.53. The third-order valence-electron chi connectivity index (χ3n) is 3.06. The van der Waals surface area contributed by atoms with Gasteiger partial charge in [0, 0.05) is 5.92 Å². The van der Waals surface area contributed by atoms with Crippen LogP contribution in [0.2, 0.25) is 0 Å². The molecule has 0 aromatic heterocycles. The number of hydrogen-bond donors (Lipinski definition) is 3. The Labute approximate surface area is 101 Å². The summed E-state index contributed by atoms with van der Waals surface area (Å²) >= 11 is 0. The quantitative estimate of drug-likeness (QED) is 0.556. The number of rotatable bonds is 3. The Kier molecular flexibility index (Phi) is 3.78. The Morgan fingerprint density at radius 3 is 2.18 bits per heavy atom. The number of aliphatic hydroxyl groups is 1. The number of carbonyl (C=O) groups excluding carboxylic acids is 1. The first-order chi connectivity index (χ1) is 7.77. The van der Waals surface area contributed by atoms with Crippen LogP contribution in [0.1, 0.15) is 48.2 Å². The minimum absolute atomic E-state index is 0.0847. The summed E-state index contributed by atoms with van der Waals surface area (Å²) < 4.78 is 0. The fraction of sp³-hybridized carbons (Fsp3) is 0.462. The molecule has 4 heteroatoms. The zero-order valence-corrected chi connectivity index (χ0v) is 10.5. The topological polar surface area (TPSA) is 77.8 Å². The van der Waals surface area contributed by atoms with Crippen molar-refractivity contribution in [3.8, 4) is 11.5 Å². The smallest absolute Gasteiger partial charge is 0.169 e. The minimum atomic E-state index is -0.642. The van der Waals surface area contributed by atoms with E-state index in [0.717, 1.165) is 0 Å². The monoisotopic (exact) mass is 238 g/mol. The van der Waals surface area contributed by atoms with Gasteiger partial charge in [0.2, 0.25) is 0 Å². The second kappa shape index (κ2) is 4.75. The summed E-state index contributed by atoms with van der Waals surface area (Å²) in [5.74, 6) is -1.31. The summed E-state index contributed by atoms with van der Waals surface area (Å²) in [5.41, 5.74) is 1.12. The Morgan fingerprint density at radius 2 is 1.76 bits per heavy atom. The van der Waals surface area contributed by atoms with Crippen molar-refractivity contribution in [1.29, 1.82) is 0 Å². The molecule has 0 bridgehead atoms. The third kappa shape index (κ3) is 2.42. The number of Topliss-reactive ketones (excluding diaryl/α,β-unsaturated/α-hetero) is 1. The highest BCUT2D eigenvalue weighted by Crippen LogP contribution is 2.38. The van der Waals surface area contributed by atoms with Gasteiger partial charge in [0.25, 0.3) is 0 Å². The number of benzene rings is 1. The van der Waals surface area contributed by atoms with Gasteiger partial charge in [0.1, 0.15) is 0 Å². The van der Waals surface area contributed by atoms with Crippen molar-refractivity contribution >= 4 is 5.78 Å². The van der Waals surface area contributed by atoms with E-state index in [1.165, 1.54) is 6.92 Å². The molecule has 0 heterocycles. The van der Waals surface area contributed by atoms with Crippen LogP contribution in [0, 0.1) is 6.92 Å². The fourth-order valence-electron chi connectivity index (χ4n) is 1.80. The predicted octanol–water partition coefficient (Wildman–Crippen LogP) is 2.09. The molecule has 0 radical (unpaired) electrons. The summed E-state index contributed by atoms with van der Waals surface area (Å²) in [4.78, 5) is 11.5. The molecule has 1 rings (SSSR count). The number of phenols is 2. The van der Waals surface area contributed by atoms with E-state index in [-0.39, 0.29) is 23.0 Å². The van der Waals surface area contributed by atoms with Crippen LogP contribution in [0.3, 0.4) is 0 Å². The van der Waals surface area contributed by atoms with Crippen LogP contribution in [-0.2, 0) is 0 Å². The molecule has 0 amide bonds. The van der Waals surface area contributed by atoms with E-state index in [2.05, 4.69) is 0 Å². The number of aromatic hydroxyl groups is 2. The number of aliphatic hydroxyl groups excluding tert-OH is 1. The number of hydrogen-bond acceptors (Lipinski definition) is 4. The van der Waals surface area contributed by atoms with Gasteiger partial charge >= 0.3 is 0 Å². The molecule has 3 N–H and O–H groups in total. The highest BCUT2D eigenvalue weighted by atomic mass is 16.3. The van der Waals surface area contributed by atoms with Gasteiger partial charge < -0.3 is 15.3 Å². The van der Waals surface area contributed by atoms with Gasteiger partial charge in [-0.1, -0.05) is 13.0 Å². The number of phenolic OH excluding ortho intramolecular Hbond substituents is 2. The van der Waals surface area contributed by atoms with E-state index in [0.29, 0.717) is 11.1 Å². The van der Waals surface area contributed by atoms with Gasteiger partial charge in [0.05, 0.1) is 11.7 Å². The zero-order chi connectivity index (χ0) is 13.3. The van der Waals surface area contributed by atoms with Crippen LogP contribution >= 0.6 is 0 Å². The summed E-state index contributed by atoms with van der Waals surface area (Å²) in [7, 11) is 0. The zero-order valence-electron chi connectivity index (χ0n) is 10.5. The van der Waals surface area contributed by atoms with E-state index >= 15 is 0 Å². The van der Waals surface area contributed by atoms with Crippen molar-refractivity contribution in [2.75, 3.05) is 0 Å². The molecule has 17 heavy (non-hydrogen) atoms. The van der Waals surface area contributed by atoms with Crippen LogP contribution in [-0.4, -0.2) is 27.2 Å².